The Balaban J connectivity index is 1.83. The maximum absolute atomic E-state index is 6.27. The van der Waals surface area contributed by atoms with Crippen molar-refractivity contribution >= 4 is 18.4 Å². The van der Waals surface area contributed by atoms with E-state index in [4.69, 9.17) is 16.3 Å². The summed E-state index contributed by atoms with van der Waals surface area (Å²) in [6, 6.07) is 1.39. The van der Waals surface area contributed by atoms with Crippen LogP contribution in [0, 0.1) is 0 Å². The lowest BCUT2D eigenvalue weighted by atomic mass is 10.2. The maximum atomic E-state index is 6.27. The second kappa shape index (κ2) is 7.00. The van der Waals surface area contributed by atoms with Crippen LogP contribution in [0.5, 0.6) is 0 Å². The molecule has 0 saturated carbocycles. The standard InChI is InChI=1S/C14H29N2OPS/c1-4-7-8-9-10-17-18(19,15-11-13(15)5-2)16-12-14(16)6-3/h13-14H,4-12H2,1-3H3. The monoisotopic (exact) mass is 304 g/mol. The molecule has 2 saturated heterocycles. The van der Waals surface area contributed by atoms with Gasteiger partial charge < -0.3 is 4.52 Å². The first-order chi connectivity index (χ1) is 9.17. The molecular formula is C14H29N2OPS. The van der Waals surface area contributed by atoms with E-state index in [0.29, 0.717) is 12.1 Å². The third-order valence-corrected chi connectivity index (χ3v) is 8.59. The van der Waals surface area contributed by atoms with Gasteiger partial charge in [0.1, 0.15) is 0 Å². The minimum absolute atomic E-state index is 0.694. The number of hydrogen-bond donors (Lipinski definition) is 0. The normalized spacial score (nSPS) is 35.9. The van der Waals surface area contributed by atoms with Crippen LogP contribution >= 0.6 is 6.57 Å². The smallest absolute Gasteiger partial charge is 0.204 e. The van der Waals surface area contributed by atoms with Crippen LogP contribution in [-0.4, -0.2) is 41.1 Å². The molecular weight excluding hydrogens is 275 g/mol. The fourth-order valence-corrected chi connectivity index (χ4v) is 6.97. The highest BCUT2D eigenvalue weighted by atomic mass is 32.5. The molecule has 19 heavy (non-hydrogen) atoms. The molecule has 0 radical (unpaired) electrons. The van der Waals surface area contributed by atoms with Gasteiger partial charge in [0.2, 0.25) is 6.57 Å². The molecule has 0 bridgehead atoms. The van der Waals surface area contributed by atoms with Crippen molar-refractivity contribution < 1.29 is 4.52 Å². The molecule has 2 aliphatic heterocycles. The van der Waals surface area contributed by atoms with E-state index in [2.05, 4.69) is 30.1 Å². The molecule has 112 valence electrons. The van der Waals surface area contributed by atoms with Crippen LogP contribution in [0.15, 0.2) is 0 Å². The highest BCUT2D eigenvalue weighted by molar-refractivity contribution is 8.10. The van der Waals surface area contributed by atoms with Crippen LogP contribution in [0.3, 0.4) is 0 Å². The SMILES string of the molecule is CCCCCCOP(=S)(N1CC1CC)N1CC1CC. The summed E-state index contributed by atoms with van der Waals surface area (Å²) in [5.74, 6) is 0. The van der Waals surface area contributed by atoms with E-state index in [0.717, 1.165) is 19.7 Å². The van der Waals surface area contributed by atoms with Crippen LogP contribution < -0.4 is 0 Å². The lowest BCUT2D eigenvalue weighted by Crippen LogP contribution is -2.12. The third-order valence-electron chi connectivity index (χ3n) is 4.22. The molecule has 0 aliphatic carbocycles. The van der Waals surface area contributed by atoms with E-state index in [1.54, 1.807) is 0 Å². The largest absolute Gasteiger partial charge is 0.327 e. The molecule has 2 rings (SSSR count). The number of rotatable bonds is 10. The van der Waals surface area contributed by atoms with E-state index in [9.17, 15) is 0 Å². The predicted molar refractivity (Wildman–Crippen MR) is 85.9 cm³/mol. The molecule has 0 spiro atoms. The van der Waals surface area contributed by atoms with Crippen molar-refractivity contribution in [3.05, 3.63) is 0 Å². The minimum Gasteiger partial charge on any atom is -0.327 e. The van der Waals surface area contributed by atoms with Gasteiger partial charge in [0.25, 0.3) is 0 Å². The van der Waals surface area contributed by atoms with Crippen molar-refractivity contribution in [2.75, 3.05) is 19.7 Å². The number of nitrogens with zero attached hydrogens (tertiary/aromatic N) is 2. The van der Waals surface area contributed by atoms with Gasteiger partial charge in [-0.2, -0.15) is 0 Å². The lowest BCUT2D eigenvalue weighted by Gasteiger charge is -2.26. The molecule has 0 aromatic rings. The van der Waals surface area contributed by atoms with Gasteiger partial charge in [0.05, 0.1) is 6.61 Å². The highest BCUT2D eigenvalue weighted by Gasteiger charge is 2.54. The summed E-state index contributed by atoms with van der Waals surface area (Å²) >= 11 is 5.98. The summed E-state index contributed by atoms with van der Waals surface area (Å²) in [5, 5.41) is 0. The Bertz CT molecular complexity index is 317. The zero-order chi connectivity index (χ0) is 13.9. The Morgan fingerprint density at radius 2 is 1.58 bits per heavy atom. The molecule has 2 fully saturated rings. The van der Waals surface area contributed by atoms with E-state index in [1.807, 2.05) is 0 Å². The molecule has 2 aliphatic rings. The fraction of sp³-hybridized carbons (Fsp3) is 1.00. The average Bonchev–Trinajstić information content (AvgIpc) is 3.29. The number of hydrogen-bond acceptors (Lipinski definition) is 2. The van der Waals surface area contributed by atoms with Gasteiger partial charge in [-0.05, 0) is 31.1 Å². The summed E-state index contributed by atoms with van der Waals surface area (Å²) in [7, 11) is 0. The lowest BCUT2D eigenvalue weighted by molar-refractivity contribution is 0.302. The molecule has 4 unspecified atom stereocenters. The summed E-state index contributed by atoms with van der Waals surface area (Å²) in [4.78, 5) is 0. The summed E-state index contributed by atoms with van der Waals surface area (Å²) in [6.07, 6.45) is 7.46. The number of unbranched alkanes of at least 4 members (excludes halogenated alkanes) is 3. The van der Waals surface area contributed by atoms with Crippen molar-refractivity contribution in [3.8, 4) is 0 Å². The zero-order valence-electron chi connectivity index (χ0n) is 12.7. The van der Waals surface area contributed by atoms with Crippen LogP contribution in [0.2, 0.25) is 0 Å². The topological polar surface area (TPSA) is 15.2 Å². The fourth-order valence-electron chi connectivity index (χ4n) is 2.64. The quantitative estimate of drug-likeness (QED) is 0.344. The Morgan fingerprint density at radius 1 is 1.00 bits per heavy atom. The van der Waals surface area contributed by atoms with Crippen LogP contribution in [-0.2, 0) is 16.3 Å². The van der Waals surface area contributed by atoms with Crippen molar-refractivity contribution in [2.45, 2.75) is 71.4 Å². The van der Waals surface area contributed by atoms with E-state index >= 15 is 0 Å². The molecule has 5 heteroatoms. The first-order valence-corrected chi connectivity index (χ1v) is 10.6. The second-order valence-corrected chi connectivity index (χ2v) is 9.45. The van der Waals surface area contributed by atoms with Gasteiger partial charge in [0, 0.05) is 25.2 Å². The first-order valence-electron chi connectivity index (χ1n) is 7.96. The maximum Gasteiger partial charge on any atom is 0.204 e. The van der Waals surface area contributed by atoms with Gasteiger partial charge in [-0.1, -0.05) is 40.0 Å². The average molecular weight is 304 g/mol. The second-order valence-electron chi connectivity index (χ2n) is 5.75. The van der Waals surface area contributed by atoms with E-state index in [-0.39, 0.29) is 0 Å². The molecule has 0 aromatic heterocycles. The highest BCUT2D eigenvalue weighted by Crippen LogP contribution is 2.66. The molecule has 2 heterocycles. The van der Waals surface area contributed by atoms with Gasteiger partial charge in [-0.3, -0.25) is 0 Å². The molecule has 0 N–H and O–H groups in total. The summed E-state index contributed by atoms with van der Waals surface area (Å²) in [6.45, 7) is 8.10. The van der Waals surface area contributed by atoms with Crippen LogP contribution in [0.25, 0.3) is 0 Å². The van der Waals surface area contributed by atoms with Crippen molar-refractivity contribution in [1.82, 2.24) is 9.34 Å². The first kappa shape index (κ1) is 15.9. The van der Waals surface area contributed by atoms with Crippen LogP contribution in [0.1, 0.15) is 59.3 Å². The Labute approximate surface area is 123 Å². The van der Waals surface area contributed by atoms with E-state index < -0.39 is 6.57 Å². The molecule has 0 amide bonds. The van der Waals surface area contributed by atoms with Gasteiger partial charge in [-0.25, -0.2) is 9.34 Å². The third kappa shape index (κ3) is 3.79. The minimum atomic E-state index is -1.83. The molecule has 3 nitrogen and oxygen atoms in total. The van der Waals surface area contributed by atoms with Gasteiger partial charge in [-0.15, -0.1) is 0 Å². The molecule has 0 aromatic carbocycles. The Hall–Kier alpha value is 0.530. The van der Waals surface area contributed by atoms with Gasteiger partial charge >= 0.3 is 0 Å². The summed E-state index contributed by atoms with van der Waals surface area (Å²) < 4.78 is 11.2. The molecule has 4 atom stereocenters. The Kier molecular flexibility index (Phi) is 5.86. The predicted octanol–water partition coefficient (Wildman–Crippen LogP) is 4.00. The van der Waals surface area contributed by atoms with Gasteiger partial charge in [0.15, 0.2) is 0 Å². The van der Waals surface area contributed by atoms with Crippen LogP contribution in [0.4, 0.5) is 0 Å². The van der Waals surface area contributed by atoms with Crippen molar-refractivity contribution in [1.29, 1.82) is 0 Å². The van der Waals surface area contributed by atoms with Crippen molar-refractivity contribution in [2.24, 2.45) is 0 Å². The zero-order valence-corrected chi connectivity index (χ0v) is 14.4. The Morgan fingerprint density at radius 3 is 2.00 bits per heavy atom. The summed E-state index contributed by atoms with van der Waals surface area (Å²) in [5.41, 5.74) is 0. The van der Waals surface area contributed by atoms with Crippen molar-refractivity contribution in [3.63, 3.8) is 0 Å². The van der Waals surface area contributed by atoms with E-state index in [1.165, 1.54) is 38.5 Å².